The molecule has 1 heterocycles. The summed E-state index contributed by atoms with van der Waals surface area (Å²) in [6, 6.07) is 13.1. The Kier molecular flexibility index (Phi) is 6.06. The van der Waals surface area contributed by atoms with Crippen molar-refractivity contribution in [2.75, 3.05) is 19.7 Å². The van der Waals surface area contributed by atoms with E-state index in [1.807, 2.05) is 24.3 Å². The van der Waals surface area contributed by atoms with Crippen LogP contribution in [0.2, 0.25) is 0 Å². The van der Waals surface area contributed by atoms with Crippen molar-refractivity contribution >= 4 is 21.8 Å². The maximum absolute atomic E-state index is 12.6. The number of hydrogen-bond acceptors (Lipinski definition) is 3. The Morgan fingerprint density at radius 3 is 2.44 bits per heavy atom. The van der Waals surface area contributed by atoms with E-state index in [0.29, 0.717) is 25.3 Å². The fraction of sp³-hybridized carbons (Fsp3) is 0.316. The van der Waals surface area contributed by atoms with Crippen molar-refractivity contribution in [2.24, 2.45) is 0 Å². The summed E-state index contributed by atoms with van der Waals surface area (Å²) in [4.78, 5) is 14.3. The minimum atomic E-state index is -4.73. The number of rotatable bonds is 4. The Labute approximate surface area is 163 Å². The Morgan fingerprint density at radius 1 is 1.15 bits per heavy atom. The fourth-order valence-electron chi connectivity index (χ4n) is 2.85. The van der Waals surface area contributed by atoms with Crippen LogP contribution in [0.5, 0.6) is 5.75 Å². The van der Waals surface area contributed by atoms with Gasteiger partial charge in [-0.15, -0.1) is 13.2 Å². The van der Waals surface area contributed by atoms with Crippen molar-refractivity contribution in [1.29, 1.82) is 0 Å². The minimum absolute atomic E-state index is 0.0927. The van der Waals surface area contributed by atoms with Crippen molar-refractivity contribution in [3.8, 4) is 5.75 Å². The van der Waals surface area contributed by atoms with Crippen LogP contribution in [-0.4, -0.2) is 36.9 Å². The first-order chi connectivity index (χ1) is 12.8. The van der Waals surface area contributed by atoms with Gasteiger partial charge in [0.2, 0.25) is 5.91 Å². The van der Waals surface area contributed by atoms with Gasteiger partial charge < -0.3 is 14.4 Å². The van der Waals surface area contributed by atoms with Gasteiger partial charge in [-0.1, -0.05) is 40.2 Å². The quantitative estimate of drug-likeness (QED) is 0.698. The predicted octanol–water partition coefficient (Wildman–Crippen LogP) is 4.49. The first-order valence-electron chi connectivity index (χ1n) is 8.30. The normalized spacial score (nSPS) is 17.6. The topological polar surface area (TPSA) is 38.8 Å². The molecule has 0 bridgehead atoms. The van der Waals surface area contributed by atoms with Crippen molar-refractivity contribution in [3.63, 3.8) is 0 Å². The fourth-order valence-corrected chi connectivity index (χ4v) is 3.11. The van der Waals surface area contributed by atoms with E-state index < -0.39 is 6.36 Å². The molecule has 0 N–H and O–H groups in total. The molecule has 27 heavy (non-hydrogen) atoms. The molecule has 1 fully saturated rings. The second kappa shape index (κ2) is 8.31. The molecule has 2 aromatic carbocycles. The number of carbonyl (C=O) groups is 1. The van der Waals surface area contributed by atoms with Crippen molar-refractivity contribution < 1.29 is 27.4 Å². The molecule has 2 aromatic rings. The number of morpholine rings is 1. The van der Waals surface area contributed by atoms with E-state index >= 15 is 0 Å². The van der Waals surface area contributed by atoms with Crippen LogP contribution in [-0.2, 0) is 16.0 Å². The van der Waals surface area contributed by atoms with Crippen LogP contribution in [0.15, 0.2) is 53.0 Å². The maximum atomic E-state index is 12.6. The molecule has 8 heteroatoms. The molecule has 1 atom stereocenters. The van der Waals surface area contributed by atoms with Gasteiger partial charge in [0.25, 0.3) is 0 Å². The highest BCUT2D eigenvalue weighted by molar-refractivity contribution is 9.10. The summed E-state index contributed by atoms with van der Waals surface area (Å²) in [7, 11) is 0. The van der Waals surface area contributed by atoms with Gasteiger partial charge in [0.05, 0.1) is 19.6 Å². The van der Waals surface area contributed by atoms with Gasteiger partial charge in [-0.05, 0) is 35.4 Å². The molecule has 0 saturated carbocycles. The second-order valence-electron chi connectivity index (χ2n) is 6.12. The van der Waals surface area contributed by atoms with E-state index in [1.165, 1.54) is 24.3 Å². The third-order valence-electron chi connectivity index (χ3n) is 4.17. The zero-order valence-electron chi connectivity index (χ0n) is 14.2. The standard InChI is InChI=1S/C19H17BrF3NO3/c20-15-5-3-14(4-6-15)17-12-24(9-10-26-17)18(25)11-13-1-7-16(8-2-13)27-19(21,22)23/h1-8,17H,9-12H2. The summed E-state index contributed by atoms with van der Waals surface area (Å²) in [6.07, 6.45) is -4.81. The number of hydrogen-bond donors (Lipinski definition) is 0. The molecule has 0 aromatic heterocycles. The van der Waals surface area contributed by atoms with E-state index in [0.717, 1.165) is 10.0 Å². The van der Waals surface area contributed by atoms with E-state index in [1.54, 1.807) is 4.90 Å². The van der Waals surface area contributed by atoms with E-state index in [-0.39, 0.29) is 24.2 Å². The molecule has 1 unspecified atom stereocenters. The molecule has 0 spiro atoms. The Hall–Kier alpha value is -2.06. The summed E-state index contributed by atoms with van der Waals surface area (Å²) in [5.41, 5.74) is 1.62. The summed E-state index contributed by atoms with van der Waals surface area (Å²) in [6.45, 7) is 1.36. The number of halogens is 4. The van der Waals surface area contributed by atoms with Gasteiger partial charge in [-0.2, -0.15) is 0 Å². The second-order valence-corrected chi connectivity index (χ2v) is 7.03. The maximum Gasteiger partial charge on any atom is 0.573 e. The molecule has 1 saturated heterocycles. The van der Waals surface area contributed by atoms with Crippen LogP contribution in [0, 0.1) is 0 Å². The van der Waals surface area contributed by atoms with E-state index in [4.69, 9.17) is 4.74 Å². The van der Waals surface area contributed by atoms with Crippen LogP contribution in [0.3, 0.4) is 0 Å². The highest BCUT2D eigenvalue weighted by atomic mass is 79.9. The first-order valence-corrected chi connectivity index (χ1v) is 9.09. The third kappa shape index (κ3) is 5.71. The van der Waals surface area contributed by atoms with Gasteiger partial charge in [0.15, 0.2) is 0 Å². The first kappa shape index (κ1) is 19.7. The number of ether oxygens (including phenoxy) is 2. The number of carbonyl (C=O) groups excluding carboxylic acids is 1. The van der Waals surface area contributed by atoms with Gasteiger partial charge >= 0.3 is 6.36 Å². The van der Waals surface area contributed by atoms with Crippen molar-refractivity contribution in [3.05, 3.63) is 64.1 Å². The minimum Gasteiger partial charge on any atom is -0.406 e. The van der Waals surface area contributed by atoms with E-state index in [9.17, 15) is 18.0 Å². The number of benzene rings is 2. The van der Waals surface area contributed by atoms with Gasteiger partial charge in [0.1, 0.15) is 11.9 Å². The molecule has 0 radical (unpaired) electrons. The lowest BCUT2D eigenvalue weighted by atomic mass is 10.1. The summed E-state index contributed by atoms with van der Waals surface area (Å²) >= 11 is 3.39. The summed E-state index contributed by atoms with van der Waals surface area (Å²) < 4.78 is 47.2. The molecule has 0 aliphatic carbocycles. The van der Waals surface area contributed by atoms with Crippen LogP contribution in [0.1, 0.15) is 17.2 Å². The molecule has 1 amide bonds. The summed E-state index contributed by atoms with van der Waals surface area (Å²) in [5, 5.41) is 0. The Bertz CT molecular complexity index is 778. The molecule has 144 valence electrons. The molecule has 3 rings (SSSR count). The largest absolute Gasteiger partial charge is 0.573 e. The van der Waals surface area contributed by atoms with Crippen molar-refractivity contribution in [1.82, 2.24) is 4.90 Å². The predicted molar refractivity (Wildman–Crippen MR) is 96.2 cm³/mol. The Balaban J connectivity index is 1.59. The molecule has 4 nitrogen and oxygen atoms in total. The van der Waals surface area contributed by atoms with Crippen LogP contribution in [0.4, 0.5) is 13.2 Å². The lowest BCUT2D eigenvalue weighted by Crippen LogP contribution is -2.42. The highest BCUT2D eigenvalue weighted by Gasteiger charge is 2.31. The smallest absolute Gasteiger partial charge is 0.406 e. The zero-order chi connectivity index (χ0) is 19.4. The van der Waals surface area contributed by atoms with Gasteiger partial charge in [-0.25, -0.2) is 0 Å². The van der Waals surface area contributed by atoms with Crippen LogP contribution in [0.25, 0.3) is 0 Å². The van der Waals surface area contributed by atoms with Crippen LogP contribution >= 0.6 is 15.9 Å². The zero-order valence-corrected chi connectivity index (χ0v) is 15.8. The average Bonchev–Trinajstić information content (AvgIpc) is 2.63. The molecular formula is C19H17BrF3NO3. The highest BCUT2D eigenvalue weighted by Crippen LogP contribution is 2.25. The lowest BCUT2D eigenvalue weighted by molar-refractivity contribution is -0.274. The van der Waals surface area contributed by atoms with Crippen molar-refractivity contribution in [2.45, 2.75) is 18.9 Å². The summed E-state index contributed by atoms with van der Waals surface area (Å²) in [5.74, 6) is -0.398. The Morgan fingerprint density at radius 2 is 1.81 bits per heavy atom. The molecule has 1 aliphatic rings. The van der Waals surface area contributed by atoms with Gasteiger partial charge in [0, 0.05) is 11.0 Å². The lowest BCUT2D eigenvalue weighted by Gasteiger charge is -2.33. The average molecular weight is 444 g/mol. The van der Waals surface area contributed by atoms with Crippen LogP contribution < -0.4 is 4.74 Å². The monoisotopic (exact) mass is 443 g/mol. The van der Waals surface area contributed by atoms with Gasteiger partial charge in [-0.3, -0.25) is 4.79 Å². The molecule has 1 aliphatic heterocycles. The number of nitrogens with zero attached hydrogens (tertiary/aromatic N) is 1. The molecular weight excluding hydrogens is 427 g/mol. The third-order valence-corrected chi connectivity index (χ3v) is 4.70. The number of amides is 1. The van der Waals surface area contributed by atoms with E-state index in [2.05, 4.69) is 20.7 Å². The SMILES string of the molecule is O=C(Cc1ccc(OC(F)(F)F)cc1)N1CCOC(c2ccc(Br)cc2)C1. The number of alkyl halides is 3.